The summed E-state index contributed by atoms with van der Waals surface area (Å²) < 4.78 is 5.92. The van der Waals surface area contributed by atoms with Crippen LogP contribution in [0, 0.1) is 13.8 Å². The third-order valence-corrected chi connectivity index (χ3v) is 4.19. The molecule has 0 spiro atoms. The SMILES string of the molecule is Cc1ccc(COc2ccccc2/C=N\NC(=O)c2ccccc2C)cc1. The fourth-order valence-electron chi connectivity index (χ4n) is 2.61. The van der Waals surface area contributed by atoms with Crippen molar-refractivity contribution in [2.45, 2.75) is 20.5 Å². The van der Waals surface area contributed by atoms with Crippen molar-refractivity contribution in [1.29, 1.82) is 0 Å². The Hall–Kier alpha value is -3.40. The molecule has 0 saturated carbocycles. The van der Waals surface area contributed by atoms with Crippen molar-refractivity contribution in [3.05, 3.63) is 101 Å². The van der Waals surface area contributed by atoms with E-state index in [1.165, 1.54) is 5.56 Å². The number of nitrogens with one attached hydrogen (secondary N) is 1. The zero-order valence-corrected chi connectivity index (χ0v) is 15.5. The van der Waals surface area contributed by atoms with Crippen molar-refractivity contribution < 1.29 is 9.53 Å². The van der Waals surface area contributed by atoms with Gasteiger partial charge in [0.15, 0.2) is 0 Å². The number of benzene rings is 3. The molecular formula is C23H22N2O2. The first-order valence-electron chi connectivity index (χ1n) is 8.80. The largest absolute Gasteiger partial charge is 0.488 e. The summed E-state index contributed by atoms with van der Waals surface area (Å²) in [6.45, 7) is 4.43. The topological polar surface area (TPSA) is 50.7 Å². The van der Waals surface area contributed by atoms with Gasteiger partial charge in [-0.2, -0.15) is 5.10 Å². The number of hydrazone groups is 1. The van der Waals surface area contributed by atoms with E-state index in [-0.39, 0.29) is 5.91 Å². The average molecular weight is 358 g/mol. The monoisotopic (exact) mass is 358 g/mol. The van der Waals surface area contributed by atoms with E-state index in [0.29, 0.717) is 17.9 Å². The van der Waals surface area contributed by atoms with Crippen LogP contribution in [0.15, 0.2) is 77.9 Å². The molecular weight excluding hydrogens is 336 g/mol. The van der Waals surface area contributed by atoms with Gasteiger partial charge in [-0.05, 0) is 43.2 Å². The van der Waals surface area contributed by atoms with Crippen LogP contribution >= 0.6 is 0 Å². The Kier molecular flexibility index (Phi) is 6.00. The average Bonchev–Trinajstić information content (AvgIpc) is 2.68. The summed E-state index contributed by atoms with van der Waals surface area (Å²) in [6, 6.07) is 23.2. The van der Waals surface area contributed by atoms with Crippen molar-refractivity contribution >= 4 is 12.1 Å². The van der Waals surface area contributed by atoms with Crippen molar-refractivity contribution in [3.8, 4) is 5.75 Å². The first-order chi connectivity index (χ1) is 13.1. The van der Waals surface area contributed by atoms with Gasteiger partial charge in [-0.1, -0.05) is 60.2 Å². The quantitative estimate of drug-likeness (QED) is 0.515. The van der Waals surface area contributed by atoms with E-state index >= 15 is 0 Å². The van der Waals surface area contributed by atoms with Crippen LogP contribution in [-0.4, -0.2) is 12.1 Å². The van der Waals surface area contributed by atoms with Crippen LogP contribution < -0.4 is 10.2 Å². The molecule has 136 valence electrons. The lowest BCUT2D eigenvalue weighted by atomic mass is 10.1. The van der Waals surface area contributed by atoms with E-state index in [0.717, 1.165) is 16.7 Å². The lowest BCUT2D eigenvalue weighted by molar-refractivity contribution is 0.0954. The van der Waals surface area contributed by atoms with Crippen molar-refractivity contribution in [1.82, 2.24) is 5.43 Å². The number of hydrogen-bond acceptors (Lipinski definition) is 3. The highest BCUT2D eigenvalue weighted by atomic mass is 16.5. The van der Waals surface area contributed by atoms with Gasteiger partial charge in [0.25, 0.3) is 5.91 Å². The number of hydrogen-bond donors (Lipinski definition) is 1. The summed E-state index contributed by atoms with van der Waals surface area (Å²) in [5, 5.41) is 4.08. The zero-order chi connectivity index (χ0) is 19.1. The second-order valence-electron chi connectivity index (χ2n) is 6.33. The molecule has 0 aliphatic rings. The molecule has 4 heteroatoms. The van der Waals surface area contributed by atoms with E-state index in [1.54, 1.807) is 12.3 Å². The smallest absolute Gasteiger partial charge is 0.271 e. The van der Waals surface area contributed by atoms with E-state index in [1.807, 2.05) is 49.4 Å². The predicted molar refractivity (Wildman–Crippen MR) is 108 cm³/mol. The Morgan fingerprint density at radius 2 is 1.67 bits per heavy atom. The molecule has 0 bridgehead atoms. The Morgan fingerprint density at radius 3 is 2.44 bits per heavy atom. The van der Waals surface area contributed by atoms with Gasteiger partial charge in [0, 0.05) is 11.1 Å². The summed E-state index contributed by atoms with van der Waals surface area (Å²) in [6.07, 6.45) is 1.60. The molecule has 0 saturated heterocycles. The molecule has 0 aromatic heterocycles. The Bertz CT molecular complexity index is 947. The highest BCUT2D eigenvalue weighted by molar-refractivity contribution is 5.96. The third kappa shape index (κ3) is 5.05. The van der Waals surface area contributed by atoms with Gasteiger partial charge in [-0.25, -0.2) is 5.43 Å². The van der Waals surface area contributed by atoms with E-state index in [9.17, 15) is 4.79 Å². The highest BCUT2D eigenvalue weighted by Gasteiger charge is 2.07. The number of ether oxygens (including phenoxy) is 1. The zero-order valence-electron chi connectivity index (χ0n) is 15.5. The summed E-state index contributed by atoms with van der Waals surface area (Å²) in [7, 11) is 0. The minimum atomic E-state index is -0.234. The van der Waals surface area contributed by atoms with E-state index < -0.39 is 0 Å². The minimum absolute atomic E-state index is 0.234. The fourth-order valence-corrected chi connectivity index (χ4v) is 2.61. The third-order valence-electron chi connectivity index (χ3n) is 4.19. The second kappa shape index (κ2) is 8.81. The molecule has 1 N–H and O–H groups in total. The molecule has 0 heterocycles. The van der Waals surface area contributed by atoms with Crippen LogP contribution in [0.3, 0.4) is 0 Å². The van der Waals surface area contributed by atoms with Crippen LogP contribution in [-0.2, 0) is 6.61 Å². The van der Waals surface area contributed by atoms with Gasteiger partial charge in [0.1, 0.15) is 12.4 Å². The lowest BCUT2D eigenvalue weighted by Crippen LogP contribution is -2.18. The lowest BCUT2D eigenvalue weighted by Gasteiger charge is -2.09. The van der Waals surface area contributed by atoms with Gasteiger partial charge in [-0.3, -0.25) is 4.79 Å². The number of nitrogens with zero attached hydrogens (tertiary/aromatic N) is 1. The Labute approximate surface area is 159 Å². The van der Waals surface area contributed by atoms with Crippen molar-refractivity contribution in [3.63, 3.8) is 0 Å². The first kappa shape index (κ1) is 18.4. The minimum Gasteiger partial charge on any atom is -0.488 e. The summed E-state index contributed by atoms with van der Waals surface area (Å²) in [4.78, 5) is 12.2. The fraction of sp³-hybridized carbons (Fsp3) is 0.130. The molecule has 4 nitrogen and oxygen atoms in total. The number of carbonyl (C=O) groups is 1. The molecule has 0 atom stereocenters. The van der Waals surface area contributed by atoms with Crippen LogP contribution in [0.5, 0.6) is 5.75 Å². The molecule has 3 rings (SSSR count). The molecule has 3 aromatic rings. The van der Waals surface area contributed by atoms with Crippen molar-refractivity contribution in [2.75, 3.05) is 0 Å². The van der Waals surface area contributed by atoms with Crippen molar-refractivity contribution in [2.24, 2.45) is 5.10 Å². The van der Waals surface area contributed by atoms with Gasteiger partial charge in [0.05, 0.1) is 6.21 Å². The summed E-state index contributed by atoms with van der Waals surface area (Å²) in [5.74, 6) is 0.481. The maximum Gasteiger partial charge on any atom is 0.271 e. The number of rotatable bonds is 6. The Balaban J connectivity index is 1.65. The Morgan fingerprint density at radius 1 is 0.963 bits per heavy atom. The first-order valence-corrected chi connectivity index (χ1v) is 8.80. The normalized spacial score (nSPS) is 10.7. The van der Waals surface area contributed by atoms with Gasteiger partial charge in [-0.15, -0.1) is 0 Å². The van der Waals surface area contributed by atoms with E-state index in [2.05, 4.69) is 41.7 Å². The number of para-hydroxylation sites is 1. The van der Waals surface area contributed by atoms with Crippen LogP contribution in [0.4, 0.5) is 0 Å². The predicted octanol–water partition coefficient (Wildman–Crippen LogP) is 4.65. The van der Waals surface area contributed by atoms with Gasteiger partial charge < -0.3 is 4.74 Å². The summed E-state index contributed by atoms with van der Waals surface area (Å²) in [5.41, 5.74) is 7.21. The van der Waals surface area contributed by atoms with Crippen LogP contribution in [0.25, 0.3) is 0 Å². The maximum atomic E-state index is 12.2. The van der Waals surface area contributed by atoms with E-state index in [4.69, 9.17) is 4.74 Å². The van der Waals surface area contributed by atoms with Gasteiger partial charge >= 0.3 is 0 Å². The molecule has 3 aromatic carbocycles. The molecule has 0 aliphatic carbocycles. The summed E-state index contributed by atoms with van der Waals surface area (Å²) >= 11 is 0. The number of aryl methyl sites for hydroxylation is 2. The standard InChI is InChI=1S/C23H22N2O2/c1-17-11-13-19(14-12-17)16-27-22-10-6-4-8-20(22)15-24-25-23(26)21-9-5-3-7-18(21)2/h3-15H,16H2,1-2H3,(H,25,26)/b24-15-. The molecule has 27 heavy (non-hydrogen) atoms. The molecule has 0 radical (unpaired) electrons. The number of carbonyl (C=O) groups excluding carboxylic acids is 1. The molecule has 1 amide bonds. The number of amides is 1. The highest BCUT2D eigenvalue weighted by Crippen LogP contribution is 2.18. The van der Waals surface area contributed by atoms with Crippen LogP contribution in [0.1, 0.15) is 32.6 Å². The molecule has 0 fully saturated rings. The van der Waals surface area contributed by atoms with Gasteiger partial charge in [0.2, 0.25) is 0 Å². The molecule has 0 aliphatic heterocycles. The molecule has 0 unspecified atom stereocenters. The van der Waals surface area contributed by atoms with Crippen LogP contribution in [0.2, 0.25) is 0 Å². The second-order valence-corrected chi connectivity index (χ2v) is 6.33. The maximum absolute atomic E-state index is 12.2.